The van der Waals surface area contributed by atoms with Gasteiger partial charge in [-0.05, 0) is 19.1 Å². The lowest BCUT2D eigenvalue weighted by Crippen LogP contribution is -2.40. The Bertz CT molecular complexity index is 708. The Morgan fingerprint density at radius 2 is 2.36 bits per heavy atom. The van der Waals surface area contributed by atoms with Crippen LogP contribution in [0.4, 0.5) is 0 Å². The van der Waals surface area contributed by atoms with Crippen LogP contribution < -0.4 is 0 Å². The van der Waals surface area contributed by atoms with E-state index in [0.29, 0.717) is 18.7 Å². The Labute approximate surface area is 128 Å². The molecule has 0 unspecified atom stereocenters. The van der Waals surface area contributed by atoms with Gasteiger partial charge in [0.05, 0.1) is 35.4 Å². The Balaban J connectivity index is 1.84. The number of amides is 1. The zero-order chi connectivity index (χ0) is 15.5. The number of nitrogens with zero attached hydrogens (tertiary/aromatic N) is 5. The van der Waals surface area contributed by atoms with Crippen molar-refractivity contribution in [2.45, 2.75) is 13.3 Å². The molecule has 114 valence electrons. The Morgan fingerprint density at radius 1 is 1.50 bits per heavy atom. The van der Waals surface area contributed by atoms with Gasteiger partial charge in [-0.15, -0.1) is 0 Å². The number of hydrogen-bond donors (Lipinski definition) is 0. The number of rotatable bonds is 4. The van der Waals surface area contributed by atoms with Crippen molar-refractivity contribution in [3.8, 4) is 5.69 Å². The predicted molar refractivity (Wildman–Crippen MR) is 81.1 cm³/mol. The van der Waals surface area contributed by atoms with Crippen LogP contribution >= 0.6 is 0 Å². The SMILES string of the molecule is CON=C(C)CN1CCc2nn(-c3cccnc3)cc2C1=O. The molecule has 0 aromatic carbocycles. The second-order valence-electron chi connectivity index (χ2n) is 5.13. The molecule has 0 bridgehead atoms. The number of aromatic nitrogens is 3. The van der Waals surface area contributed by atoms with Crippen LogP contribution in [0.2, 0.25) is 0 Å². The van der Waals surface area contributed by atoms with Crippen LogP contribution in [0.3, 0.4) is 0 Å². The van der Waals surface area contributed by atoms with Gasteiger partial charge in [-0.2, -0.15) is 5.10 Å². The van der Waals surface area contributed by atoms with E-state index in [-0.39, 0.29) is 5.91 Å². The van der Waals surface area contributed by atoms with Crippen molar-refractivity contribution in [1.29, 1.82) is 0 Å². The van der Waals surface area contributed by atoms with E-state index >= 15 is 0 Å². The number of fused-ring (bicyclic) bond motifs is 1. The Kier molecular flexibility index (Phi) is 3.86. The van der Waals surface area contributed by atoms with Crippen LogP contribution in [-0.4, -0.2) is 51.5 Å². The van der Waals surface area contributed by atoms with Gasteiger partial charge in [0, 0.05) is 25.4 Å². The first-order valence-corrected chi connectivity index (χ1v) is 7.04. The quantitative estimate of drug-likeness (QED) is 0.630. The van der Waals surface area contributed by atoms with Gasteiger partial charge < -0.3 is 9.74 Å². The first kappa shape index (κ1) is 14.2. The minimum absolute atomic E-state index is 0.0259. The van der Waals surface area contributed by atoms with Crippen molar-refractivity contribution in [2.75, 3.05) is 20.2 Å². The third-order valence-corrected chi connectivity index (χ3v) is 3.50. The molecule has 1 aliphatic heterocycles. The molecule has 0 saturated carbocycles. The van der Waals surface area contributed by atoms with Gasteiger partial charge >= 0.3 is 0 Å². The normalized spacial score (nSPS) is 14.9. The average Bonchev–Trinajstić information content (AvgIpc) is 2.96. The van der Waals surface area contributed by atoms with Gasteiger partial charge in [-0.3, -0.25) is 9.78 Å². The zero-order valence-corrected chi connectivity index (χ0v) is 12.6. The third-order valence-electron chi connectivity index (χ3n) is 3.50. The summed E-state index contributed by atoms with van der Waals surface area (Å²) >= 11 is 0. The van der Waals surface area contributed by atoms with Crippen molar-refractivity contribution >= 4 is 11.6 Å². The van der Waals surface area contributed by atoms with E-state index in [4.69, 9.17) is 4.84 Å². The van der Waals surface area contributed by atoms with E-state index in [9.17, 15) is 4.79 Å². The second kappa shape index (κ2) is 5.97. The smallest absolute Gasteiger partial charge is 0.257 e. The van der Waals surface area contributed by atoms with Gasteiger partial charge in [-0.25, -0.2) is 4.68 Å². The molecule has 0 N–H and O–H groups in total. The summed E-state index contributed by atoms with van der Waals surface area (Å²) in [5.41, 5.74) is 3.07. The molecular weight excluding hydrogens is 282 g/mol. The molecule has 2 aromatic rings. The summed E-state index contributed by atoms with van der Waals surface area (Å²) in [4.78, 5) is 23.1. The maximum atomic E-state index is 12.6. The van der Waals surface area contributed by atoms with Crippen LogP contribution in [0.5, 0.6) is 0 Å². The molecule has 0 spiro atoms. The average molecular weight is 299 g/mol. The number of hydrogen-bond acceptors (Lipinski definition) is 5. The lowest BCUT2D eigenvalue weighted by molar-refractivity contribution is 0.0762. The molecule has 0 radical (unpaired) electrons. The number of oxime groups is 1. The molecule has 3 heterocycles. The van der Waals surface area contributed by atoms with Gasteiger partial charge in [0.2, 0.25) is 0 Å². The van der Waals surface area contributed by atoms with E-state index in [1.165, 1.54) is 7.11 Å². The number of pyridine rings is 1. The fourth-order valence-corrected chi connectivity index (χ4v) is 2.52. The van der Waals surface area contributed by atoms with E-state index < -0.39 is 0 Å². The van der Waals surface area contributed by atoms with Crippen molar-refractivity contribution in [2.24, 2.45) is 5.16 Å². The van der Waals surface area contributed by atoms with Crippen LogP contribution in [0, 0.1) is 0 Å². The molecule has 22 heavy (non-hydrogen) atoms. The van der Waals surface area contributed by atoms with Crippen LogP contribution in [0.1, 0.15) is 23.0 Å². The zero-order valence-electron chi connectivity index (χ0n) is 12.6. The fourth-order valence-electron chi connectivity index (χ4n) is 2.52. The Hall–Kier alpha value is -2.70. The van der Waals surface area contributed by atoms with Crippen molar-refractivity contribution in [1.82, 2.24) is 19.7 Å². The maximum Gasteiger partial charge on any atom is 0.257 e. The lowest BCUT2D eigenvalue weighted by Gasteiger charge is -2.25. The molecule has 2 aromatic heterocycles. The monoisotopic (exact) mass is 299 g/mol. The van der Waals surface area contributed by atoms with Gasteiger partial charge in [-0.1, -0.05) is 5.16 Å². The molecule has 0 saturated heterocycles. The molecule has 0 atom stereocenters. The highest BCUT2D eigenvalue weighted by Crippen LogP contribution is 2.19. The van der Waals surface area contributed by atoms with Gasteiger partial charge in [0.1, 0.15) is 7.11 Å². The highest BCUT2D eigenvalue weighted by molar-refractivity contribution is 5.98. The van der Waals surface area contributed by atoms with E-state index in [0.717, 1.165) is 23.5 Å². The second-order valence-corrected chi connectivity index (χ2v) is 5.13. The van der Waals surface area contributed by atoms with E-state index in [1.807, 2.05) is 19.1 Å². The fraction of sp³-hybridized carbons (Fsp3) is 0.333. The first-order valence-electron chi connectivity index (χ1n) is 7.04. The predicted octanol–water partition coefficient (Wildman–Crippen LogP) is 1.29. The number of carbonyl (C=O) groups is 1. The molecule has 7 nitrogen and oxygen atoms in total. The topological polar surface area (TPSA) is 72.6 Å². The molecule has 0 fully saturated rings. The Morgan fingerprint density at radius 3 is 3.09 bits per heavy atom. The summed E-state index contributed by atoms with van der Waals surface area (Å²) in [6.45, 7) is 2.93. The van der Waals surface area contributed by atoms with Gasteiger partial charge in [0.25, 0.3) is 5.91 Å². The van der Waals surface area contributed by atoms with Crippen molar-refractivity contribution < 1.29 is 9.63 Å². The minimum atomic E-state index is -0.0259. The molecular formula is C15H17N5O2. The van der Waals surface area contributed by atoms with Gasteiger partial charge in [0.15, 0.2) is 0 Å². The minimum Gasteiger partial charge on any atom is -0.399 e. The maximum absolute atomic E-state index is 12.6. The van der Waals surface area contributed by atoms with Crippen LogP contribution in [-0.2, 0) is 11.3 Å². The summed E-state index contributed by atoms with van der Waals surface area (Å²) in [6.07, 6.45) is 5.92. The highest BCUT2D eigenvalue weighted by atomic mass is 16.6. The van der Waals surface area contributed by atoms with Crippen LogP contribution in [0.15, 0.2) is 35.9 Å². The molecule has 3 rings (SSSR count). The molecule has 0 aliphatic carbocycles. The molecule has 7 heteroatoms. The molecule has 1 aliphatic rings. The molecule has 1 amide bonds. The summed E-state index contributed by atoms with van der Waals surface area (Å²) in [7, 11) is 1.50. The third kappa shape index (κ3) is 2.69. The summed E-state index contributed by atoms with van der Waals surface area (Å²) in [6, 6.07) is 3.75. The largest absolute Gasteiger partial charge is 0.399 e. The van der Waals surface area contributed by atoms with E-state index in [1.54, 1.807) is 28.2 Å². The number of carbonyl (C=O) groups excluding carboxylic acids is 1. The highest BCUT2D eigenvalue weighted by Gasteiger charge is 2.27. The van der Waals surface area contributed by atoms with Crippen molar-refractivity contribution in [3.05, 3.63) is 42.0 Å². The summed E-state index contributed by atoms with van der Waals surface area (Å²) in [5.74, 6) is -0.0259. The first-order chi connectivity index (χ1) is 10.7. The lowest BCUT2D eigenvalue weighted by atomic mass is 10.1. The van der Waals surface area contributed by atoms with E-state index in [2.05, 4.69) is 15.2 Å². The van der Waals surface area contributed by atoms with Crippen molar-refractivity contribution in [3.63, 3.8) is 0 Å². The standard InChI is InChI=1S/C15H17N5O2/c1-11(18-22-2)9-19-7-5-14-13(15(19)21)10-20(17-14)12-4-3-6-16-8-12/h3-4,6,8,10H,5,7,9H2,1-2H3. The van der Waals surface area contributed by atoms with Crippen LogP contribution in [0.25, 0.3) is 5.69 Å². The summed E-state index contributed by atoms with van der Waals surface area (Å²) in [5, 5.41) is 8.35. The summed E-state index contributed by atoms with van der Waals surface area (Å²) < 4.78 is 1.70.